The maximum absolute atomic E-state index is 12.7. The van der Waals surface area contributed by atoms with Crippen LogP contribution in [0.1, 0.15) is 27.0 Å². The molecule has 0 atom stereocenters. The predicted octanol–water partition coefficient (Wildman–Crippen LogP) is 7.01. The van der Waals surface area contributed by atoms with Crippen molar-refractivity contribution in [3.63, 3.8) is 0 Å². The van der Waals surface area contributed by atoms with Gasteiger partial charge in [-0.25, -0.2) is 0 Å². The van der Waals surface area contributed by atoms with Crippen molar-refractivity contribution >= 4 is 38.6 Å². The highest BCUT2D eigenvalue weighted by Crippen LogP contribution is 2.39. The second-order valence-corrected chi connectivity index (χ2v) is 8.65. The number of hydrogen-bond donors (Lipinski definition) is 0. The SMILES string of the molecule is COc1cc(/C=C2\Cc3ccccc3C2=O)cc(Br)c1OCc1cccc2ccccc12. The summed E-state index contributed by atoms with van der Waals surface area (Å²) in [6.45, 7) is 0.421. The van der Waals surface area contributed by atoms with Crippen LogP contribution in [-0.4, -0.2) is 12.9 Å². The Balaban J connectivity index is 1.42. The summed E-state index contributed by atoms with van der Waals surface area (Å²) in [6.07, 6.45) is 2.58. The van der Waals surface area contributed by atoms with Crippen LogP contribution >= 0.6 is 15.9 Å². The molecule has 0 heterocycles. The first-order chi connectivity index (χ1) is 15.6. The largest absolute Gasteiger partial charge is 0.493 e. The smallest absolute Gasteiger partial charge is 0.189 e. The lowest BCUT2D eigenvalue weighted by Crippen LogP contribution is -2.00. The van der Waals surface area contributed by atoms with Gasteiger partial charge in [-0.05, 0) is 61.6 Å². The summed E-state index contributed by atoms with van der Waals surface area (Å²) >= 11 is 3.64. The third-order valence-corrected chi connectivity index (χ3v) is 6.37. The number of halogens is 1. The first-order valence-electron chi connectivity index (χ1n) is 10.4. The summed E-state index contributed by atoms with van der Waals surface area (Å²) in [5.41, 5.74) is 4.65. The van der Waals surface area contributed by atoms with Crippen LogP contribution in [0.3, 0.4) is 0 Å². The van der Waals surface area contributed by atoms with E-state index in [1.54, 1.807) is 7.11 Å². The topological polar surface area (TPSA) is 35.5 Å². The fourth-order valence-corrected chi connectivity index (χ4v) is 4.78. The molecule has 0 N–H and O–H groups in total. The Kier molecular flexibility index (Phi) is 5.54. The average Bonchev–Trinajstić information content (AvgIpc) is 3.13. The van der Waals surface area contributed by atoms with Gasteiger partial charge < -0.3 is 9.47 Å². The minimum absolute atomic E-state index is 0.0898. The lowest BCUT2D eigenvalue weighted by atomic mass is 10.1. The number of allylic oxidation sites excluding steroid dienone is 1. The van der Waals surface area contributed by atoms with E-state index in [0.717, 1.165) is 32.3 Å². The summed E-state index contributed by atoms with van der Waals surface area (Å²) in [5.74, 6) is 1.35. The molecule has 4 aromatic carbocycles. The molecule has 4 heteroatoms. The zero-order valence-corrected chi connectivity index (χ0v) is 19.2. The molecule has 3 nitrogen and oxygen atoms in total. The number of benzene rings is 4. The number of ketones is 1. The third kappa shape index (κ3) is 3.82. The zero-order chi connectivity index (χ0) is 22.1. The lowest BCUT2D eigenvalue weighted by Gasteiger charge is -2.15. The van der Waals surface area contributed by atoms with Crippen molar-refractivity contribution < 1.29 is 14.3 Å². The van der Waals surface area contributed by atoms with Gasteiger partial charge in [0.15, 0.2) is 17.3 Å². The molecule has 1 aliphatic carbocycles. The van der Waals surface area contributed by atoms with Crippen LogP contribution in [0, 0.1) is 0 Å². The minimum Gasteiger partial charge on any atom is -0.493 e. The highest BCUT2D eigenvalue weighted by molar-refractivity contribution is 9.10. The maximum Gasteiger partial charge on any atom is 0.189 e. The first kappa shape index (κ1) is 20.5. The quantitative estimate of drug-likeness (QED) is 0.285. The summed E-state index contributed by atoms with van der Waals surface area (Å²) in [5, 5.41) is 2.36. The van der Waals surface area contributed by atoms with E-state index in [4.69, 9.17) is 9.47 Å². The van der Waals surface area contributed by atoms with Crippen molar-refractivity contribution in [3.8, 4) is 11.5 Å². The number of rotatable bonds is 5. The molecule has 1 aliphatic rings. The van der Waals surface area contributed by atoms with Gasteiger partial charge in [0.25, 0.3) is 0 Å². The molecule has 0 aromatic heterocycles. The second-order valence-electron chi connectivity index (χ2n) is 7.79. The molecule has 0 saturated carbocycles. The van der Waals surface area contributed by atoms with Gasteiger partial charge in [0.05, 0.1) is 11.6 Å². The molecule has 0 spiro atoms. The van der Waals surface area contributed by atoms with Crippen molar-refractivity contribution in [3.05, 3.63) is 111 Å². The van der Waals surface area contributed by atoms with Crippen LogP contribution in [0.2, 0.25) is 0 Å². The average molecular weight is 485 g/mol. The van der Waals surface area contributed by atoms with Crippen molar-refractivity contribution in [2.45, 2.75) is 13.0 Å². The molecule has 32 heavy (non-hydrogen) atoms. The molecule has 0 amide bonds. The fraction of sp³-hybridized carbons (Fsp3) is 0.107. The van der Waals surface area contributed by atoms with E-state index >= 15 is 0 Å². The molecule has 0 aliphatic heterocycles. The van der Waals surface area contributed by atoms with E-state index in [0.29, 0.717) is 24.5 Å². The van der Waals surface area contributed by atoms with E-state index in [2.05, 4.69) is 40.2 Å². The highest BCUT2D eigenvalue weighted by atomic mass is 79.9. The normalized spacial score (nSPS) is 14.1. The van der Waals surface area contributed by atoms with Gasteiger partial charge in [-0.3, -0.25) is 4.79 Å². The number of ether oxygens (including phenoxy) is 2. The second kappa shape index (κ2) is 8.64. The van der Waals surface area contributed by atoms with E-state index in [1.165, 1.54) is 10.8 Å². The molecule has 0 fully saturated rings. The Morgan fingerprint density at radius 1 is 0.969 bits per heavy atom. The standard InChI is InChI=1S/C28H21BrO3/c1-31-26-15-18(13-22-16-20-8-3-5-12-24(20)27(22)30)14-25(29)28(26)32-17-21-10-6-9-19-7-2-4-11-23(19)21/h2-15H,16-17H2,1H3/b22-13+. The molecule has 0 unspecified atom stereocenters. The van der Waals surface area contributed by atoms with E-state index in [1.807, 2.05) is 60.7 Å². The molecular formula is C28H21BrO3. The summed E-state index contributed by atoms with van der Waals surface area (Å²) < 4.78 is 12.6. The number of fused-ring (bicyclic) bond motifs is 2. The fourth-order valence-electron chi connectivity index (χ4n) is 4.20. The Morgan fingerprint density at radius 2 is 1.75 bits per heavy atom. The Labute approximate surface area is 195 Å². The zero-order valence-electron chi connectivity index (χ0n) is 17.6. The number of Topliss-reactive ketones (excluding diaryl/α,β-unsaturated/α-hetero) is 1. The van der Waals surface area contributed by atoms with Gasteiger partial charge in [0, 0.05) is 17.6 Å². The van der Waals surface area contributed by atoms with E-state index in [-0.39, 0.29) is 5.78 Å². The van der Waals surface area contributed by atoms with Crippen LogP contribution in [-0.2, 0) is 13.0 Å². The maximum atomic E-state index is 12.7. The molecule has 0 saturated heterocycles. The van der Waals surface area contributed by atoms with Gasteiger partial charge in [-0.2, -0.15) is 0 Å². The lowest BCUT2D eigenvalue weighted by molar-refractivity contribution is 0.104. The number of carbonyl (C=O) groups excluding carboxylic acids is 1. The number of methoxy groups -OCH3 is 1. The van der Waals surface area contributed by atoms with Crippen LogP contribution < -0.4 is 9.47 Å². The molecule has 4 aromatic rings. The summed E-state index contributed by atoms with van der Waals surface area (Å²) in [7, 11) is 1.63. The number of hydrogen-bond acceptors (Lipinski definition) is 3. The van der Waals surface area contributed by atoms with Gasteiger partial charge >= 0.3 is 0 Å². The molecule has 158 valence electrons. The molecule has 0 bridgehead atoms. The van der Waals surface area contributed by atoms with Gasteiger partial charge in [0.1, 0.15) is 6.61 Å². The van der Waals surface area contributed by atoms with Crippen LogP contribution in [0.25, 0.3) is 16.8 Å². The number of carbonyl (C=O) groups is 1. The Morgan fingerprint density at radius 3 is 2.59 bits per heavy atom. The first-order valence-corrected chi connectivity index (χ1v) is 11.2. The van der Waals surface area contributed by atoms with Crippen LogP contribution in [0.15, 0.2) is 88.9 Å². The molecular weight excluding hydrogens is 464 g/mol. The molecule has 5 rings (SSSR count). The highest BCUT2D eigenvalue weighted by Gasteiger charge is 2.24. The summed E-state index contributed by atoms with van der Waals surface area (Å²) in [6, 6.07) is 26.1. The van der Waals surface area contributed by atoms with Gasteiger partial charge in [-0.15, -0.1) is 0 Å². The minimum atomic E-state index is 0.0898. The predicted molar refractivity (Wildman–Crippen MR) is 131 cm³/mol. The third-order valence-electron chi connectivity index (χ3n) is 5.78. The van der Waals surface area contributed by atoms with Gasteiger partial charge in [-0.1, -0.05) is 66.7 Å². The Bertz CT molecular complexity index is 1370. The summed E-state index contributed by atoms with van der Waals surface area (Å²) in [4.78, 5) is 12.7. The Hall–Kier alpha value is -3.37. The van der Waals surface area contributed by atoms with Crippen molar-refractivity contribution in [2.75, 3.05) is 7.11 Å². The van der Waals surface area contributed by atoms with E-state index in [9.17, 15) is 4.79 Å². The van der Waals surface area contributed by atoms with Gasteiger partial charge in [0.2, 0.25) is 0 Å². The van der Waals surface area contributed by atoms with Crippen LogP contribution in [0.5, 0.6) is 11.5 Å². The van der Waals surface area contributed by atoms with Crippen molar-refractivity contribution in [1.82, 2.24) is 0 Å². The van der Waals surface area contributed by atoms with Crippen molar-refractivity contribution in [1.29, 1.82) is 0 Å². The van der Waals surface area contributed by atoms with Crippen LogP contribution in [0.4, 0.5) is 0 Å². The molecule has 0 radical (unpaired) electrons. The van der Waals surface area contributed by atoms with E-state index < -0.39 is 0 Å². The monoisotopic (exact) mass is 484 g/mol. The van der Waals surface area contributed by atoms with Crippen molar-refractivity contribution in [2.24, 2.45) is 0 Å².